The van der Waals surface area contributed by atoms with Crippen LogP contribution in [0.2, 0.25) is 0 Å². The maximum Gasteiger partial charge on any atom is 0.275 e. The first kappa shape index (κ1) is 37.9. The third kappa shape index (κ3) is 7.84. The van der Waals surface area contributed by atoms with Crippen LogP contribution in [0.25, 0.3) is 44.4 Å². The van der Waals surface area contributed by atoms with E-state index in [1.165, 1.54) is 94.8 Å². The van der Waals surface area contributed by atoms with Crippen LogP contribution in [0.15, 0.2) is 113 Å². The van der Waals surface area contributed by atoms with E-state index in [1.54, 1.807) is 16.7 Å². The lowest BCUT2D eigenvalue weighted by Crippen LogP contribution is -2.20. The van der Waals surface area contributed by atoms with Crippen LogP contribution in [-0.4, -0.2) is 33.9 Å². The number of aryl methyl sites for hydroxylation is 5. The Balaban J connectivity index is 0.000000153. The number of aromatic nitrogens is 7. The van der Waals surface area contributed by atoms with E-state index in [1.807, 2.05) is 55.7 Å². The van der Waals surface area contributed by atoms with Crippen molar-refractivity contribution in [3.8, 4) is 28.4 Å². The number of H-pyrrole nitrogens is 1. The fourth-order valence-corrected chi connectivity index (χ4v) is 8.59. The van der Waals surface area contributed by atoms with Crippen LogP contribution < -0.4 is 15.9 Å². The van der Waals surface area contributed by atoms with Crippen LogP contribution in [0, 0.1) is 12.7 Å². The van der Waals surface area contributed by atoms with Crippen molar-refractivity contribution in [3.05, 3.63) is 164 Å². The Morgan fingerprint density at radius 3 is 2.31 bits per heavy atom. The minimum absolute atomic E-state index is 0.0488. The molecular weight excluding hydrogens is 742 g/mol. The van der Waals surface area contributed by atoms with Gasteiger partial charge in [-0.25, -0.2) is 4.39 Å². The predicted octanol–water partition coefficient (Wildman–Crippen LogP) is 9.06. The highest BCUT2D eigenvalue weighted by atomic mass is 19.1. The quantitative estimate of drug-likeness (QED) is 0.168. The summed E-state index contributed by atoms with van der Waals surface area (Å²) in [6.07, 6.45) is 18.3. The first-order valence-electron chi connectivity index (χ1n) is 20.5. The van der Waals surface area contributed by atoms with Gasteiger partial charge in [0, 0.05) is 64.8 Å². The van der Waals surface area contributed by atoms with E-state index in [9.17, 15) is 14.0 Å². The van der Waals surface area contributed by atoms with Crippen LogP contribution in [0.4, 0.5) is 4.39 Å². The molecule has 2 aromatic carbocycles. The summed E-state index contributed by atoms with van der Waals surface area (Å²) in [6, 6.07) is 24.2. The highest BCUT2D eigenvalue weighted by Gasteiger charge is 2.19. The predicted molar refractivity (Wildman–Crippen MR) is 229 cm³/mol. The van der Waals surface area contributed by atoms with E-state index in [-0.39, 0.29) is 17.7 Å². The third-order valence-electron chi connectivity index (χ3n) is 11.7. The van der Waals surface area contributed by atoms with Crippen LogP contribution >= 0.6 is 0 Å². The standard InChI is InChI=1S/C24H23FN4O2.C24H23N3O/c1-28-22-6-4-2-3-5-20(22)21-10-9-18(11-23(21)28)29-24(30)12-19(14-27-29)31-15-17-8-7-16(25)13-26-17;1-16-7-10-21(25-15-16)17-11-12-27(24(28)13-17)18-8-9-20-19-5-3-2-4-6-22(19)26-23(20)14-18/h7-14H,2-6,15H2,1H3;7-15,26H,2-6H2,1H3. The topological polar surface area (TPSA) is 113 Å². The second-order valence-corrected chi connectivity index (χ2v) is 15.7. The summed E-state index contributed by atoms with van der Waals surface area (Å²) in [5.74, 6) is -0.0568. The molecule has 0 radical (unpaired) electrons. The number of rotatable bonds is 6. The summed E-state index contributed by atoms with van der Waals surface area (Å²) in [4.78, 5) is 37.5. The second kappa shape index (κ2) is 16.3. The van der Waals surface area contributed by atoms with Crippen molar-refractivity contribution >= 4 is 21.8 Å². The van der Waals surface area contributed by atoms with Gasteiger partial charge in [-0.3, -0.25) is 24.1 Å². The summed E-state index contributed by atoms with van der Waals surface area (Å²) in [5.41, 5.74) is 12.6. The smallest absolute Gasteiger partial charge is 0.275 e. The number of halogens is 1. The molecule has 59 heavy (non-hydrogen) atoms. The second-order valence-electron chi connectivity index (χ2n) is 15.7. The molecule has 0 saturated carbocycles. The zero-order valence-corrected chi connectivity index (χ0v) is 33.4. The molecule has 0 saturated heterocycles. The van der Waals surface area contributed by atoms with Gasteiger partial charge in [-0.1, -0.05) is 31.0 Å². The van der Waals surface area contributed by atoms with E-state index in [2.05, 4.69) is 49.9 Å². The number of hydrogen-bond donors (Lipinski definition) is 1. The fourth-order valence-electron chi connectivity index (χ4n) is 8.59. The molecule has 10 nitrogen and oxygen atoms in total. The van der Waals surface area contributed by atoms with Gasteiger partial charge in [-0.15, -0.1) is 0 Å². The average Bonchev–Trinajstić information content (AvgIpc) is 3.45. The lowest BCUT2D eigenvalue weighted by Gasteiger charge is -2.09. The maximum absolute atomic E-state index is 13.0. The van der Waals surface area contributed by atoms with E-state index < -0.39 is 5.82 Å². The van der Waals surface area contributed by atoms with Crippen molar-refractivity contribution in [2.75, 3.05) is 0 Å². The van der Waals surface area contributed by atoms with Gasteiger partial charge < -0.3 is 14.3 Å². The van der Waals surface area contributed by atoms with Crippen molar-refractivity contribution in [1.82, 2.24) is 33.9 Å². The molecule has 2 aliphatic carbocycles. The van der Waals surface area contributed by atoms with Crippen molar-refractivity contribution < 1.29 is 9.13 Å². The monoisotopic (exact) mass is 787 g/mol. The highest BCUT2D eigenvalue weighted by Crippen LogP contribution is 2.32. The minimum atomic E-state index is -0.403. The number of ether oxygens (including phenoxy) is 1. The molecule has 8 aromatic rings. The van der Waals surface area contributed by atoms with Gasteiger partial charge in [0.1, 0.15) is 18.2 Å². The molecule has 6 heterocycles. The van der Waals surface area contributed by atoms with Crippen LogP contribution in [-0.2, 0) is 39.3 Å². The van der Waals surface area contributed by atoms with Crippen LogP contribution in [0.3, 0.4) is 0 Å². The normalized spacial score (nSPS) is 13.9. The molecule has 0 bridgehead atoms. The molecule has 0 amide bonds. The number of fused-ring (bicyclic) bond motifs is 6. The maximum atomic E-state index is 13.0. The number of nitrogens with one attached hydrogen (secondary N) is 1. The first-order chi connectivity index (χ1) is 28.8. The Morgan fingerprint density at radius 2 is 1.53 bits per heavy atom. The minimum Gasteiger partial charge on any atom is -0.485 e. The summed E-state index contributed by atoms with van der Waals surface area (Å²) in [6.45, 7) is 2.14. The third-order valence-corrected chi connectivity index (χ3v) is 11.7. The zero-order valence-electron chi connectivity index (χ0n) is 33.4. The molecule has 0 atom stereocenters. The molecule has 10 rings (SSSR count). The van der Waals surface area contributed by atoms with Gasteiger partial charge in [0.15, 0.2) is 0 Å². The Labute approximate surface area is 341 Å². The number of pyridine rings is 3. The molecule has 1 N–H and O–H groups in total. The van der Waals surface area contributed by atoms with Crippen molar-refractivity contribution in [3.63, 3.8) is 0 Å². The summed E-state index contributed by atoms with van der Waals surface area (Å²) >= 11 is 0. The molecule has 298 valence electrons. The molecule has 11 heteroatoms. The lowest BCUT2D eigenvalue weighted by atomic mass is 10.1. The molecular formula is C48H46FN7O3. The van der Waals surface area contributed by atoms with Gasteiger partial charge in [0.25, 0.3) is 11.1 Å². The Hall–Kier alpha value is -6.62. The van der Waals surface area contributed by atoms with E-state index >= 15 is 0 Å². The van der Waals surface area contributed by atoms with Gasteiger partial charge in [0.05, 0.1) is 40.7 Å². The van der Waals surface area contributed by atoms with Gasteiger partial charge >= 0.3 is 0 Å². The Morgan fingerprint density at radius 1 is 0.729 bits per heavy atom. The number of aromatic amines is 1. The van der Waals surface area contributed by atoms with Crippen LogP contribution in [0.1, 0.15) is 72.3 Å². The van der Waals surface area contributed by atoms with Crippen LogP contribution in [0.5, 0.6) is 5.75 Å². The number of nitrogens with zero attached hydrogens (tertiary/aromatic N) is 6. The zero-order chi connectivity index (χ0) is 40.5. The number of hydrogen-bond acceptors (Lipinski definition) is 6. The van der Waals surface area contributed by atoms with E-state index in [4.69, 9.17) is 4.74 Å². The molecule has 6 aromatic heterocycles. The number of benzene rings is 2. The summed E-state index contributed by atoms with van der Waals surface area (Å²) in [5, 5.41) is 6.86. The fraction of sp³-hybridized carbons (Fsp3) is 0.271. The van der Waals surface area contributed by atoms with Crippen molar-refractivity contribution in [2.24, 2.45) is 7.05 Å². The molecule has 0 aliphatic heterocycles. The Kier molecular flexibility index (Phi) is 10.5. The van der Waals surface area contributed by atoms with Crippen molar-refractivity contribution in [1.29, 1.82) is 0 Å². The summed E-state index contributed by atoms with van der Waals surface area (Å²) in [7, 11) is 2.10. The molecule has 0 spiro atoms. The average molecular weight is 788 g/mol. The van der Waals surface area contributed by atoms with Gasteiger partial charge in [-0.05, 0) is 124 Å². The molecule has 0 fully saturated rings. The Bertz CT molecular complexity index is 2920. The molecule has 2 aliphatic rings. The van der Waals surface area contributed by atoms with Gasteiger partial charge in [0.2, 0.25) is 0 Å². The first-order valence-corrected chi connectivity index (χ1v) is 20.5. The van der Waals surface area contributed by atoms with E-state index in [0.29, 0.717) is 11.4 Å². The SMILES string of the molecule is Cc1ccc(-c2ccn(-c3ccc4c5c([nH]c4c3)CCCCC5)c(=O)c2)nc1.Cn1c2c(c3ccc(-n4ncc(OCc5ccc(F)cn5)cc4=O)cc31)CCCCC2. The van der Waals surface area contributed by atoms with Crippen molar-refractivity contribution in [2.45, 2.75) is 77.7 Å². The highest BCUT2D eigenvalue weighted by molar-refractivity contribution is 5.88. The lowest BCUT2D eigenvalue weighted by molar-refractivity contribution is 0.298. The van der Waals surface area contributed by atoms with Gasteiger partial charge in [-0.2, -0.15) is 9.78 Å². The summed E-state index contributed by atoms with van der Waals surface area (Å²) < 4.78 is 23.9. The largest absolute Gasteiger partial charge is 0.485 e. The van der Waals surface area contributed by atoms with E-state index in [0.717, 1.165) is 71.1 Å². The molecule has 0 unspecified atom stereocenters.